The van der Waals surface area contributed by atoms with Gasteiger partial charge in [0.1, 0.15) is 5.01 Å². The molecule has 3 rings (SSSR count). The van der Waals surface area contributed by atoms with Crippen molar-refractivity contribution in [3.63, 3.8) is 0 Å². The maximum atomic E-state index is 6.06. The third kappa shape index (κ3) is 2.80. The van der Waals surface area contributed by atoms with E-state index in [4.69, 9.17) is 16.6 Å². The summed E-state index contributed by atoms with van der Waals surface area (Å²) in [6.07, 6.45) is 3.59. The van der Waals surface area contributed by atoms with Crippen LogP contribution in [0.5, 0.6) is 0 Å². The smallest absolute Gasteiger partial charge is 0.123 e. The van der Waals surface area contributed by atoms with Gasteiger partial charge in [0.25, 0.3) is 0 Å². The Bertz CT molecular complexity index is 626. The molecule has 0 aliphatic heterocycles. The first-order chi connectivity index (χ1) is 9.69. The molecule has 0 spiro atoms. The molecule has 1 aromatic heterocycles. The molecule has 0 bridgehead atoms. The van der Waals surface area contributed by atoms with Crippen LogP contribution in [0.15, 0.2) is 22.7 Å². The highest BCUT2D eigenvalue weighted by Gasteiger charge is 2.24. The van der Waals surface area contributed by atoms with E-state index >= 15 is 0 Å². The molecule has 1 heterocycles. The van der Waals surface area contributed by atoms with Crippen LogP contribution >= 0.6 is 38.9 Å². The van der Waals surface area contributed by atoms with Gasteiger partial charge in [0, 0.05) is 14.9 Å². The van der Waals surface area contributed by atoms with Crippen molar-refractivity contribution in [2.24, 2.45) is 0 Å². The second kappa shape index (κ2) is 6.14. The molecule has 1 aliphatic carbocycles. The number of hydrogen-bond acceptors (Lipinski definition) is 3. The Hall–Kier alpha value is -0.420. The van der Waals surface area contributed by atoms with Crippen LogP contribution in [0.25, 0.3) is 10.6 Å². The van der Waals surface area contributed by atoms with Crippen molar-refractivity contribution >= 4 is 38.9 Å². The summed E-state index contributed by atoms with van der Waals surface area (Å²) < 4.78 is 0.924. The minimum atomic E-state index is 0.421. The SMILES string of the molecule is CCNC1CCCc2sc(-c3ccc(Cl)c(Br)c3)nc21. The summed E-state index contributed by atoms with van der Waals surface area (Å²) in [5.74, 6) is 0. The molecule has 1 N–H and O–H groups in total. The van der Waals surface area contributed by atoms with Gasteiger partial charge in [-0.2, -0.15) is 0 Å². The number of halogens is 2. The fraction of sp³-hybridized carbons (Fsp3) is 0.400. The molecular formula is C15H16BrClN2S. The van der Waals surface area contributed by atoms with Crippen molar-refractivity contribution in [3.8, 4) is 10.6 Å². The Morgan fingerprint density at radius 3 is 3.10 bits per heavy atom. The molecular weight excluding hydrogens is 356 g/mol. The van der Waals surface area contributed by atoms with E-state index in [9.17, 15) is 0 Å². The molecule has 0 fully saturated rings. The Morgan fingerprint density at radius 1 is 1.50 bits per heavy atom. The summed E-state index contributed by atoms with van der Waals surface area (Å²) in [6, 6.07) is 6.43. The van der Waals surface area contributed by atoms with Gasteiger partial charge < -0.3 is 5.32 Å². The van der Waals surface area contributed by atoms with Crippen LogP contribution in [0.2, 0.25) is 5.02 Å². The zero-order valence-corrected chi connectivity index (χ0v) is 14.4. The monoisotopic (exact) mass is 370 g/mol. The first kappa shape index (κ1) is 14.5. The first-order valence-corrected chi connectivity index (χ1v) is 8.86. The predicted octanol–water partition coefficient (Wildman–Crippen LogP) is 5.21. The molecule has 0 amide bonds. The topological polar surface area (TPSA) is 24.9 Å². The van der Waals surface area contributed by atoms with Gasteiger partial charge in [-0.05, 0) is 53.9 Å². The third-order valence-electron chi connectivity index (χ3n) is 3.57. The quantitative estimate of drug-likeness (QED) is 0.800. The number of fused-ring (bicyclic) bond motifs is 1. The molecule has 0 radical (unpaired) electrons. The van der Waals surface area contributed by atoms with E-state index in [0.29, 0.717) is 6.04 Å². The summed E-state index contributed by atoms with van der Waals surface area (Å²) in [4.78, 5) is 6.32. The number of benzene rings is 1. The predicted molar refractivity (Wildman–Crippen MR) is 89.6 cm³/mol. The molecule has 1 aliphatic rings. The first-order valence-electron chi connectivity index (χ1n) is 6.87. The Labute approximate surface area is 136 Å². The molecule has 5 heteroatoms. The number of hydrogen-bond donors (Lipinski definition) is 1. The Kier molecular flexibility index (Phi) is 4.46. The average molecular weight is 372 g/mol. The van der Waals surface area contributed by atoms with E-state index in [1.807, 2.05) is 23.5 Å². The Balaban J connectivity index is 1.97. The van der Waals surface area contributed by atoms with Gasteiger partial charge in [-0.1, -0.05) is 24.6 Å². The standard InChI is InChI=1S/C15H16BrClN2S/c1-2-18-12-4-3-5-13-14(12)19-15(20-13)9-6-7-11(17)10(16)8-9/h6-8,12,18H,2-5H2,1H3. The zero-order valence-electron chi connectivity index (χ0n) is 11.2. The third-order valence-corrected chi connectivity index (χ3v) is 5.97. The molecule has 20 heavy (non-hydrogen) atoms. The maximum absolute atomic E-state index is 6.06. The van der Waals surface area contributed by atoms with E-state index in [0.717, 1.165) is 33.0 Å². The highest BCUT2D eigenvalue weighted by molar-refractivity contribution is 9.10. The van der Waals surface area contributed by atoms with Gasteiger partial charge in [0.2, 0.25) is 0 Å². The number of thiazole rings is 1. The van der Waals surface area contributed by atoms with Crippen molar-refractivity contribution in [1.82, 2.24) is 10.3 Å². The van der Waals surface area contributed by atoms with Crippen LogP contribution in [0.3, 0.4) is 0 Å². The molecule has 1 atom stereocenters. The van der Waals surface area contributed by atoms with Crippen molar-refractivity contribution in [1.29, 1.82) is 0 Å². The van der Waals surface area contributed by atoms with Crippen LogP contribution in [0.4, 0.5) is 0 Å². The molecule has 106 valence electrons. The second-order valence-electron chi connectivity index (χ2n) is 4.96. The van der Waals surface area contributed by atoms with Gasteiger partial charge in [0.15, 0.2) is 0 Å². The van der Waals surface area contributed by atoms with Crippen molar-refractivity contribution in [2.45, 2.75) is 32.2 Å². The molecule has 1 aromatic carbocycles. The van der Waals surface area contributed by atoms with E-state index in [1.165, 1.54) is 23.4 Å². The highest BCUT2D eigenvalue weighted by Crippen LogP contribution is 2.38. The largest absolute Gasteiger partial charge is 0.309 e. The lowest BCUT2D eigenvalue weighted by Crippen LogP contribution is -2.24. The molecule has 2 nitrogen and oxygen atoms in total. The highest BCUT2D eigenvalue weighted by atomic mass is 79.9. The number of nitrogens with one attached hydrogen (secondary N) is 1. The molecule has 1 unspecified atom stereocenters. The summed E-state index contributed by atoms with van der Waals surface area (Å²) in [5.41, 5.74) is 2.39. The van der Waals surface area contributed by atoms with Gasteiger partial charge in [-0.15, -0.1) is 11.3 Å². The van der Waals surface area contributed by atoms with Crippen LogP contribution in [-0.2, 0) is 6.42 Å². The van der Waals surface area contributed by atoms with Gasteiger partial charge in [-0.3, -0.25) is 0 Å². The lowest BCUT2D eigenvalue weighted by Gasteiger charge is -2.21. The van der Waals surface area contributed by atoms with E-state index in [2.05, 4.69) is 34.2 Å². The average Bonchev–Trinajstić information content (AvgIpc) is 2.87. The van der Waals surface area contributed by atoms with E-state index in [1.54, 1.807) is 0 Å². The summed E-state index contributed by atoms with van der Waals surface area (Å²) in [6.45, 7) is 3.14. The summed E-state index contributed by atoms with van der Waals surface area (Å²) in [7, 11) is 0. The fourth-order valence-corrected chi connectivity index (χ4v) is 4.27. The second-order valence-corrected chi connectivity index (χ2v) is 7.30. The van der Waals surface area contributed by atoms with Crippen LogP contribution in [0.1, 0.15) is 36.4 Å². The minimum absolute atomic E-state index is 0.421. The van der Waals surface area contributed by atoms with Gasteiger partial charge in [-0.25, -0.2) is 4.98 Å². The number of aryl methyl sites for hydroxylation is 1. The number of aromatic nitrogens is 1. The van der Waals surface area contributed by atoms with Crippen molar-refractivity contribution < 1.29 is 0 Å². The number of nitrogens with zero attached hydrogens (tertiary/aromatic N) is 1. The Morgan fingerprint density at radius 2 is 2.35 bits per heavy atom. The molecule has 2 aromatic rings. The summed E-state index contributed by atoms with van der Waals surface area (Å²) in [5, 5.41) is 5.37. The number of rotatable bonds is 3. The van der Waals surface area contributed by atoms with Crippen molar-refractivity contribution in [3.05, 3.63) is 38.3 Å². The normalized spacial score (nSPS) is 18.1. The molecule has 0 saturated carbocycles. The fourth-order valence-electron chi connectivity index (χ4n) is 2.62. The lowest BCUT2D eigenvalue weighted by atomic mass is 9.98. The van der Waals surface area contributed by atoms with Crippen molar-refractivity contribution in [2.75, 3.05) is 6.54 Å². The van der Waals surface area contributed by atoms with E-state index in [-0.39, 0.29) is 0 Å². The van der Waals surface area contributed by atoms with Gasteiger partial charge in [0.05, 0.1) is 16.8 Å². The van der Waals surface area contributed by atoms with Gasteiger partial charge >= 0.3 is 0 Å². The summed E-state index contributed by atoms with van der Waals surface area (Å²) >= 11 is 11.4. The maximum Gasteiger partial charge on any atom is 0.123 e. The lowest BCUT2D eigenvalue weighted by molar-refractivity contribution is 0.465. The minimum Gasteiger partial charge on any atom is -0.309 e. The van der Waals surface area contributed by atoms with E-state index < -0.39 is 0 Å². The molecule has 0 saturated heterocycles. The van der Waals surface area contributed by atoms with Crippen LogP contribution in [0, 0.1) is 0 Å². The van der Waals surface area contributed by atoms with Crippen LogP contribution in [-0.4, -0.2) is 11.5 Å². The van der Waals surface area contributed by atoms with Crippen LogP contribution < -0.4 is 5.32 Å². The zero-order chi connectivity index (χ0) is 14.1.